The summed E-state index contributed by atoms with van der Waals surface area (Å²) < 4.78 is 4.99. The van der Waals surface area contributed by atoms with Crippen molar-refractivity contribution in [2.24, 2.45) is 17.1 Å². The molecule has 0 spiro atoms. The normalized spacial score (nSPS) is 19.7. The summed E-state index contributed by atoms with van der Waals surface area (Å²) in [5, 5.41) is 0. The topological polar surface area (TPSA) is 52.3 Å². The molecule has 0 radical (unpaired) electrons. The molecular formula is C10H19NO2. The standard InChI is InChI=1S/C10H19NO2/c1-4-13-9(12)10(2,3)8(11)7-5-6-7/h7-8H,4-6,11H2,1-3H3/t8-/m0/s1. The molecule has 76 valence electrons. The molecule has 3 nitrogen and oxygen atoms in total. The largest absolute Gasteiger partial charge is 0.466 e. The van der Waals surface area contributed by atoms with Crippen molar-refractivity contribution < 1.29 is 9.53 Å². The van der Waals surface area contributed by atoms with Crippen molar-refractivity contribution in [3.8, 4) is 0 Å². The lowest BCUT2D eigenvalue weighted by Gasteiger charge is -2.29. The van der Waals surface area contributed by atoms with Gasteiger partial charge in [-0.15, -0.1) is 0 Å². The first kappa shape index (κ1) is 10.5. The van der Waals surface area contributed by atoms with Crippen LogP contribution in [-0.2, 0) is 9.53 Å². The molecule has 0 unspecified atom stereocenters. The number of esters is 1. The molecule has 1 rings (SSSR count). The van der Waals surface area contributed by atoms with Crippen molar-refractivity contribution in [3.63, 3.8) is 0 Å². The summed E-state index contributed by atoms with van der Waals surface area (Å²) in [6.45, 7) is 5.98. The highest BCUT2D eigenvalue weighted by Gasteiger charge is 2.44. The van der Waals surface area contributed by atoms with Crippen molar-refractivity contribution in [2.75, 3.05) is 6.61 Å². The highest BCUT2D eigenvalue weighted by molar-refractivity contribution is 5.77. The number of hydrogen-bond acceptors (Lipinski definition) is 3. The van der Waals surface area contributed by atoms with E-state index in [9.17, 15) is 4.79 Å². The first-order valence-electron chi connectivity index (χ1n) is 4.93. The zero-order valence-electron chi connectivity index (χ0n) is 8.67. The van der Waals surface area contributed by atoms with E-state index < -0.39 is 5.41 Å². The van der Waals surface area contributed by atoms with Gasteiger partial charge in [-0.3, -0.25) is 4.79 Å². The minimum atomic E-state index is -0.531. The predicted octanol–water partition coefficient (Wildman–Crippen LogP) is 1.31. The number of carbonyl (C=O) groups is 1. The zero-order valence-corrected chi connectivity index (χ0v) is 8.67. The molecule has 0 aromatic carbocycles. The van der Waals surface area contributed by atoms with Gasteiger partial charge in [0.05, 0.1) is 12.0 Å². The second-order valence-electron chi connectivity index (χ2n) is 4.31. The van der Waals surface area contributed by atoms with Crippen LogP contribution in [0.3, 0.4) is 0 Å². The van der Waals surface area contributed by atoms with Gasteiger partial charge < -0.3 is 10.5 Å². The lowest BCUT2D eigenvalue weighted by molar-refractivity contribution is -0.154. The lowest BCUT2D eigenvalue weighted by atomic mass is 9.82. The van der Waals surface area contributed by atoms with Crippen LogP contribution in [0.5, 0.6) is 0 Å². The zero-order chi connectivity index (χ0) is 10.1. The predicted molar refractivity (Wildman–Crippen MR) is 51.1 cm³/mol. The second kappa shape index (κ2) is 3.66. The molecule has 1 aliphatic carbocycles. The molecule has 1 saturated carbocycles. The number of rotatable bonds is 4. The minimum Gasteiger partial charge on any atom is -0.466 e. The van der Waals surface area contributed by atoms with Crippen molar-refractivity contribution >= 4 is 5.97 Å². The fourth-order valence-electron chi connectivity index (χ4n) is 1.50. The van der Waals surface area contributed by atoms with Crippen LogP contribution in [0.2, 0.25) is 0 Å². The third-order valence-corrected chi connectivity index (χ3v) is 2.76. The van der Waals surface area contributed by atoms with Crippen molar-refractivity contribution in [1.82, 2.24) is 0 Å². The maximum absolute atomic E-state index is 11.5. The molecule has 3 heteroatoms. The summed E-state index contributed by atoms with van der Waals surface area (Å²) in [5.74, 6) is 0.355. The Morgan fingerprint density at radius 1 is 1.62 bits per heavy atom. The molecule has 0 aromatic rings. The quantitative estimate of drug-likeness (QED) is 0.672. The Labute approximate surface area is 79.6 Å². The third-order valence-electron chi connectivity index (χ3n) is 2.76. The summed E-state index contributed by atoms with van der Waals surface area (Å²) in [5.41, 5.74) is 5.46. The van der Waals surface area contributed by atoms with E-state index in [2.05, 4.69) is 0 Å². The average molecular weight is 185 g/mol. The molecule has 13 heavy (non-hydrogen) atoms. The van der Waals surface area contributed by atoms with Gasteiger partial charge in [-0.2, -0.15) is 0 Å². The summed E-state index contributed by atoms with van der Waals surface area (Å²) in [6, 6.07) is -0.0495. The van der Waals surface area contributed by atoms with Gasteiger partial charge in [0.1, 0.15) is 0 Å². The first-order valence-corrected chi connectivity index (χ1v) is 4.93. The van der Waals surface area contributed by atoms with E-state index in [4.69, 9.17) is 10.5 Å². The fourth-order valence-corrected chi connectivity index (χ4v) is 1.50. The van der Waals surface area contributed by atoms with Crippen LogP contribution in [0, 0.1) is 11.3 Å². The Balaban J connectivity index is 2.56. The molecule has 0 bridgehead atoms. The Morgan fingerprint density at radius 3 is 2.54 bits per heavy atom. The fraction of sp³-hybridized carbons (Fsp3) is 0.900. The van der Waals surface area contributed by atoms with Gasteiger partial charge in [-0.25, -0.2) is 0 Å². The van der Waals surface area contributed by atoms with E-state index in [0.717, 1.165) is 12.8 Å². The van der Waals surface area contributed by atoms with Gasteiger partial charge in [0.2, 0.25) is 0 Å². The van der Waals surface area contributed by atoms with E-state index in [1.165, 1.54) is 0 Å². The van der Waals surface area contributed by atoms with Gasteiger partial charge >= 0.3 is 5.97 Å². The molecule has 0 aliphatic heterocycles. The highest BCUT2D eigenvalue weighted by atomic mass is 16.5. The maximum atomic E-state index is 11.5. The number of ether oxygens (including phenoxy) is 1. The Kier molecular flexibility index (Phi) is 2.96. The van der Waals surface area contributed by atoms with Crippen LogP contribution in [0.25, 0.3) is 0 Å². The molecule has 0 heterocycles. The van der Waals surface area contributed by atoms with Crippen molar-refractivity contribution in [2.45, 2.75) is 39.7 Å². The van der Waals surface area contributed by atoms with Crippen LogP contribution in [-0.4, -0.2) is 18.6 Å². The Bertz CT molecular complexity index is 197. The Hall–Kier alpha value is -0.570. The second-order valence-corrected chi connectivity index (χ2v) is 4.31. The monoisotopic (exact) mass is 185 g/mol. The molecule has 1 aliphatic rings. The lowest BCUT2D eigenvalue weighted by Crippen LogP contribution is -2.45. The molecule has 2 N–H and O–H groups in total. The number of hydrogen-bond donors (Lipinski definition) is 1. The molecule has 1 atom stereocenters. The van der Waals surface area contributed by atoms with Crippen LogP contribution >= 0.6 is 0 Å². The Morgan fingerprint density at radius 2 is 2.15 bits per heavy atom. The molecule has 1 fully saturated rings. The van der Waals surface area contributed by atoms with E-state index >= 15 is 0 Å². The molecule has 0 saturated heterocycles. The smallest absolute Gasteiger partial charge is 0.313 e. The van der Waals surface area contributed by atoms with E-state index in [1.54, 1.807) is 0 Å². The molecule has 0 aromatic heterocycles. The van der Waals surface area contributed by atoms with E-state index in [0.29, 0.717) is 12.5 Å². The van der Waals surface area contributed by atoms with Gasteiger partial charge in [-0.1, -0.05) is 0 Å². The number of nitrogens with two attached hydrogens (primary N) is 1. The van der Waals surface area contributed by atoms with Crippen LogP contribution < -0.4 is 5.73 Å². The summed E-state index contributed by atoms with van der Waals surface area (Å²) in [7, 11) is 0. The summed E-state index contributed by atoms with van der Waals surface area (Å²) in [4.78, 5) is 11.5. The van der Waals surface area contributed by atoms with Crippen molar-refractivity contribution in [1.29, 1.82) is 0 Å². The van der Waals surface area contributed by atoms with Gasteiger partial charge in [0, 0.05) is 6.04 Å². The summed E-state index contributed by atoms with van der Waals surface area (Å²) in [6.07, 6.45) is 2.31. The van der Waals surface area contributed by atoms with Gasteiger partial charge in [-0.05, 0) is 39.5 Å². The van der Waals surface area contributed by atoms with Crippen LogP contribution in [0.15, 0.2) is 0 Å². The first-order chi connectivity index (χ1) is 6.00. The van der Waals surface area contributed by atoms with Crippen LogP contribution in [0.1, 0.15) is 33.6 Å². The maximum Gasteiger partial charge on any atom is 0.313 e. The number of carbonyl (C=O) groups excluding carboxylic acids is 1. The minimum absolute atomic E-state index is 0.0495. The SMILES string of the molecule is CCOC(=O)C(C)(C)[C@@H](N)C1CC1. The van der Waals surface area contributed by atoms with Crippen LogP contribution in [0.4, 0.5) is 0 Å². The van der Waals surface area contributed by atoms with Gasteiger partial charge in [0.15, 0.2) is 0 Å². The molecular weight excluding hydrogens is 166 g/mol. The van der Waals surface area contributed by atoms with E-state index in [-0.39, 0.29) is 12.0 Å². The summed E-state index contributed by atoms with van der Waals surface area (Å²) >= 11 is 0. The van der Waals surface area contributed by atoms with Crippen molar-refractivity contribution in [3.05, 3.63) is 0 Å². The molecule has 0 amide bonds. The van der Waals surface area contributed by atoms with Gasteiger partial charge in [0.25, 0.3) is 0 Å². The van der Waals surface area contributed by atoms with E-state index in [1.807, 2.05) is 20.8 Å². The highest BCUT2D eigenvalue weighted by Crippen LogP contribution is 2.39. The third kappa shape index (κ3) is 2.21. The average Bonchev–Trinajstić information content (AvgIpc) is 2.86.